The summed E-state index contributed by atoms with van der Waals surface area (Å²) in [4.78, 5) is 4.67. The molecule has 17 heavy (non-hydrogen) atoms. The molecule has 0 saturated heterocycles. The van der Waals surface area contributed by atoms with E-state index in [1.165, 1.54) is 10.3 Å². The van der Waals surface area contributed by atoms with Gasteiger partial charge in [0.2, 0.25) is 0 Å². The standard InChI is InChI=1S/C14H18ClNS/c1-8(2)9-6-10(15)12-11(7-9)17-13(16-12)14(3,4)5/h6-8H,1-5H3. The average molecular weight is 268 g/mol. The predicted molar refractivity (Wildman–Crippen MR) is 77.4 cm³/mol. The molecule has 0 spiro atoms. The lowest BCUT2D eigenvalue weighted by Gasteiger charge is -2.13. The van der Waals surface area contributed by atoms with E-state index in [1.54, 1.807) is 11.3 Å². The van der Waals surface area contributed by atoms with Crippen molar-refractivity contribution < 1.29 is 0 Å². The Hall–Kier alpha value is -0.600. The van der Waals surface area contributed by atoms with Crippen LogP contribution in [0.5, 0.6) is 0 Å². The molecule has 1 heterocycles. The van der Waals surface area contributed by atoms with Gasteiger partial charge >= 0.3 is 0 Å². The SMILES string of the molecule is CC(C)c1cc(Cl)c2nc(C(C)(C)C)sc2c1. The van der Waals surface area contributed by atoms with E-state index >= 15 is 0 Å². The smallest absolute Gasteiger partial charge is 0.100 e. The van der Waals surface area contributed by atoms with Crippen molar-refractivity contribution in [1.82, 2.24) is 4.98 Å². The van der Waals surface area contributed by atoms with Crippen LogP contribution in [0.2, 0.25) is 5.02 Å². The van der Waals surface area contributed by atoms with Gasteiger partial charge in [-0.2, -0.15) is 0 Å². The van der Waals surface area contributed by atoms with Gasteiger partial charge in [-0.25, -0.2) is 4.98 Å². The van der Waals surface area contributed by atoms with E-state index in [4.69, 9.17) is 11.6 Å². The third-order valence-electron chi connectivity index (χ3n) is 2.78. The number of rotatable bonds is 1. The summed E-state index contributed by atoms with van der Waals surface area (Å²) in [5, 5.41) is 1.92. The minimum Gasteiger partial charge on any atom is -0.239 e. The molecule has 0 N–H and O–H groups in total. The molecule has 92 valence electrons. The summed E-state index contributed by atoms with van der Waals surface area (Å²) < 4.78 is 1.20. The molecular formula is C14H18ClNS. The highest BCUT2D eigenvalue weighted by atomic mass is 35.5. The lowest BCUT2D eigenvalue weighted by molar-refractivity contribution is 0.587. The zero-order valence-electron chi connectivity index (χ0n) is 11.0. The number of benzene rings is 1. The van der Waals surface area contributed by atoms with Crippen LogP contribution in [0.15, 0.2) is 12.1 Å². The van der Waals surface area contributed by atoms with Crippen molar-refractivity contribution in [2.24, 2.45) is 0 Å². The fourth-order valence-electron chi connectivity index (χ4n) is 1.66. The van der Waals surface area contributed by atoms with Gasteiger partial charge in [-0.05, 0) is 23.6 Å². The van der Waals surface area contributed by atoms with Gasteiger partial charge < -0.3 is 0 Å². The number of fused-ring (bicyclic) bond motifs is 1. The van der Waals surface area contributed by atoms with Crippen molar-refractivity contribution in [3.8, 4) is 0 Å². The van der Waals surface area contributed by atoms with Gasteiger partial charge in [0, 0.05) is 5.41 Å². The van der Waals surface area contributed by atoms with Crippen molar-refractivity contribution >= 4 is 33.2 Å². The molecule has 1 aromatic heterocycles. The zero-order valence-corrected chi connectivity index (χ0v) is 12.5. The largest absolute Gasteiger partial charge is 0.239 e. The van der Waals surface area contributed by atoms with E-state index in [1.807, 2.05) is 6.07 Å². The van der Waals surface area contributed by atoms with Crippen LogP contribution >= 0.6 is 22.9 Å². The third-order valence-corrected chi connectivity index (χ3v) is 4.50. The molecule has 0 atom stereocenters. The molecule has 0 aliphatic rings. The summed E-state index contributed by atoms with van der Waals surface area (Å²) in [6, 6.07) is 4.26. The number of hydrogen-bond donors (Lipinski definition) is 0. The van der Waals surface area contributed by atoms with Gasteiger partial charge in [-0.15, -0.1) is 11.3 Å². The Kier molecular flexibility index (Phi) is 3.21. The Labute approximate surface area is 112 Å². The summed E-state index contributed by atoms with van der Waals surface area (Å²) in [5.41, 5.74) is 2.32. The molecule has 1 nitrogen and oxygen atoms in total. The van der Waals surface area contributed by atoms with E-state index in [0.29, 0.717) is 5.92 Å². The maximum absolute atomic E-state index is 6.31. The second kappa shape index (κ2) is 4.25. The Bertz CT molecular complexity index is 549. The molecule has 0 radical (unpaired) electrons. The second-order valence-electron chi connectivity index (χ2n) is 5.77. The summed E-state index contributed by atoms with van der Waals surface area (Å²) in [7, 11) is 0. The minimum atomic E-state index is 0.0883. The number of halogens is 1. The monoisotopic (exact) mass is 267 g/mol. The van der Waals surface area contributed by atoms with Crippen LogP contribution in [-0.2, 0) is 5.41 Å². The van der Waals surface area contributed by atoms with Crippen molar-refractivity contribution in [1.29, 1.82) is 0 Å². The van der Waals surface area contributed by atoms with Gasteiger partial charge in [0.25, 0.3) is 0 Å². The molecule has 3 heteroatoms. The first kappa shape index (κ1) is 12.8. The minimum absolute atomic E-state index is 0.0883. The van der Waals surface area contributed by atoms with Crippen molar-refractivity contribution in [3.63, 3.8) is 0 Å². The number of thiazole rings is 1. The Morgan fingerprint density at radius 1 is 1.24 bits per heavy atom. The van der Waals surface area contributed by atoms with Crippen LogP contribution in [0, 0.1) is 0 Å². The molecule has 1 aromatic carbocycles. The predicted octanol–water partition coefficient (Wildman–Crippen LogP) is 5.37. The van der Waals surface area contributed by atoms with E-state index in [2.05, 4.69) is 45.7 Å². The molecular weight excluding hydrogens is 250 g/mol. The third kappa shape index (κ3) is 2.48. The number of aromatic nitrogens is 1. The molecule has 2 rings (SSSR count). The lowest BCUT2D eigenvalue weighted by Crippen LogP contribution is -2.09. The van der Waals surface area contributed by atoms with Crippen LogP contribution in [0.4, 0.5) is 0 Å². The molecule has 0 fully saturated rings. The molecule has 2 aromatic rings. The van der Waals surface area contributed by atoms with Gasteiger partial charge in [-0.1, -0.05) is 46.2 Å². The fourth-order valence-corrected chi connectivity index (χ4v) is 3.09. The summed E-state index contributed by atoms with van der Waals surface area (Å²) in [5.74, 6) is 0.497. The van der Waals surface area contributed by atoms with E-state index in [9.17, 15) is 0 Å². The maximum atomic E-state index is 6.31. The van der Waals surface area contributed by atoms with Gasteiger partial charge in [0.1, 0.15) is 5.52 Å². The highest BCUT2D eigenvalue weighted by Gasteiger charge is 2.20. The van der Waals surface area contributed by atoms with Crippen LogP contribution in [0.1, 0.15) is 51.1 Å². The fraction of sp³-hybridized carbons (Fsp3) is 0.500. The van der Waals surface area contributed by atoms with Gasteiger partial charge in [0.15, 0.2) is 0 Å². The van der Waals surface area contributed by atoms with Crippen LogP contribution < -0.4 is 0 Å². The molecule has 0 amide bonds. The molecule has 0 saturated carbocycles. The Balaban J connectivity index is 2.65. The van der Waals surface area contributed by atoms with Gasteiger partial charge in [0.05, 0.1) is 14.7 Å². The molecule has 0 bridgehead atoms. The van der Waals surface area contributed by atoms with E-state index in [-0.39, 0.29) is 5.41 Å². The van der Waals surface area contributed by atoms with Gasteiger partial charge in [-0.3, -0.25) is 0 Å². The first-order valence-electron chi connectivity index (χ1n) is 5.89. The Morgan fingerprint density at radius 2 is 1.88 bits per heavy atom. The second-order valence-corrected chi connectivity index (χ2v) is 7.21. The van der Waals surface area contributed by atoms with Crippen molar-refractivity contribution in [2.45, 2.75) is 46.0 Å². The van der Waals surface area contributed by atoms with E-state index in [0.717, 1.165) is 15.5 Å². The highest BCUT2D eigenvalue weighted by molar-refractivity contribution is 7.18. The molecule has 0 aliphatic heterocycles. The summed E-state index contributed by atoms with van der Waals surface area (Å²) in [6.45, 7) is 10.9. The first-order chi connectivity index (χ1) is 7.79. The summed E-state index contributed by atoms with van der Waals surface area (Å²) >= 11 is 8.07. The van der Waals surface area contributed by atoms with Crippen LogP contribution in [0.25, 0.3) is 10.2 Å². The average Bonchev–Trinajstić information content (AvgIpc) is 2.60. The highest BCUT2D eigenvalue weighted by Crippen LogP contribution is 2.36. The number of hydrogen-bond acceptors (Lipinski definition) is 2. The molecule has 0 aliphatic carbocycles. The topological polar surface area (TPSA) is 12.9 Å². The molecule has 0 unspecified atom stereocenters. The first-order valence-corrected chi connectivity index (χ1v) is 7.09. The van der Waals surface area contributed by atoms with Crippen LogP contribution in [-0.4, -0.2) is 4.98 Å². The maximum Gasteiger partial charge on any atom is 0.100 e. The van der Waals surface area contributed by atoms with Crippen molar-refractivity contribution in [3.05, 3.63) is 27.7 Å². The quantitative estimate of drug-likeness (QED) is 0.677. The van der Waals surface area contributed by atoms with Crippen molar-refractivity contribution in [2.75, 3.05) is 0 Å². The summed E-state index contributed by atoms with van der Waals surface area (Å²) in [6.07, 6.45) is 0. The Morgan fingerprint density at radius 3 is 2.41 bits per heavy atom. The number of nitrogens with zero attached hydrogens (tertiary/aromatic N) is 1. The normalized spacial score (nSPS) is 12.6. The lowest BCUT2D eigenvalue weighted by atomic mass is 9.98. The zero-order chi connectivity index (χ0) is 12.8. The van der Waals surface area contributed by atoms with E-state index < -0.39 is 0 Å². The van der Waals surface area contributed by atoms with Crippen LogP contribution in [0.3, 0.4) is 0 Å².